The standard InChI is InChI=1S/C14H20N2O/c1-17-13-5-2-4-11-6-7-15-12(14(11)13)10-16-8-3-9-16/h2,4-5,12,15H,3,6-10H2,1H3. The van der Waals surface area contributed by atoms with Crippen LogP contribution in [0.3, 0.4) is 0 Å². The van der Waals surface area contributed by atoms with E-state index in [2.05, 4.69) is 28.4 Å². The molecule has 1 atom stereocenters. The van der Waals surface area contributed by atoms with Gasteiger partial charge in [-0.25, -0.2) is 0 Å². The van der Waals surface area contributed by atoms with E-state index in [1.54, 1.807) is 7.11 Å². The van der Waals surface area contributed by atoms with Gasteiger partial charge in [-0.05, 0) is 44.1 Å². The molecule has 0 aromatic heterocycles. The van der Waals surface area contributed by atoms with Gasteiger partial charge in [-0.15, -0.1) is 0 Å². The van der Waals surface area contributed by atoms with Crippen molar-refractivity contribution in [1.82, 2.24) is 10.2 Å². The summed E-state index contributed by atoms with van der Waals surface area (Å²) in [6, 6.07) is 6.86. The fraction of sp³-hybridized carbons (Fsp3) is 0.571. The van der Waals surface area contributed by atoms with Crippen LogP contribution in [0.25, 0.3) is 0 Å². The van der Waals surface area contributed by atoms with Gasteiger partial charge in [0.15, 0.2) is 0 Å². The Morgan fingerprint density at radius 2 is 2.29 bits per heavy atom. The Labute approximate surface area is 103 Å². The molecular formula is C14H20N2O. The third-order valence-corrected chi connectivity index (χ3v) is 3.90. The van der Waals surface area contributed by atoms with Gasteiger partial charge in [-0.1, -0.05) is 12.1 Å². The zero-order chi connectivity index (χ0) is 11.7. The van der Waals surface area contributed by atoms with Crippen molar-refractivity contribution in [2.75, 3.05) is 33.3 Å². The molecule has 0 aliphatic carbocycles. The normalized spacial score (nSPS) is 23.9. The number of hydrogen-bond acceptors (Lipinski definition) is 3. The first kappa shape index (κ1) is 11.1. The third kappa shape index (κ3) is 2.05. The van der Waals surface area contributed by atoms with Crippen molar-refractivity contribution in [3.8, 4) is 5.75 Å². The number of benzene rings is 1. The molecule has 0 bridgehead atoms. The lowest BCUT2D eigenvalue weighted by atomic mass is 9.92. The van der Waals surface area contributed by atoms with Gasteiger partial charge in [0.2, 0.25) is 0 Å². The Kier molecular flexibility index (Phi) is 3.04. The number of likely N-dealkylation sites (tertiary alicyclic amines) is 1. The number of nitrogens with zero attached hydrogens (tertiary/aromatic N) is 1. The number of rotatable bonds is 3. The van der Waals surface area contributed by atoms with Crippen LogP contribution < -0.4 is 10.1 Å². The first-order chi connectivity index (χ1) is 8.38. The van der Waals surface area contributed by atoms with Crippen molar-refractivity contribution >= 4 is 0 Å². The Morgan fingerprint density at radius 3 is 3.00 bits per heavy atom. The fourth-order valence-electron chi connectivity index (χ4n) is 2.84. The van der Waals surface area contributed by atoms with E-state index in [1.807, 2.05) is 0 Å². The van der Waals surface area contributed by atoms with Gasteiger partial charge in [0.05, 0.1) is 7.11 Å². The first-order valence-electron chi connectivity index (χ1n) is 6.50. The highest BCUT2D eigenvalue weighted by Crippen LogP contribution is 2.32. The summed E-state index contributed by atoms with van der Waals surface area (Å²) < 4.78 is 5.52. The van der Waals surface area contributed by atoms with Gasteiger partial charge < -0.3 is 15.0 Å². The molecule has 0 saturated carbocycles. The summed E-state index contributed by atoms with van der Waals surface area (Å²) in [6.45, 7) is 4.71. The zero-order valence-electron chi connectivity index (χ0n) is 10.4. The minimum atomic E-state index is 0.440. The van der Waals surface area contributed by atoms with E-state index in [0.29, 0.717) is 6.04 Å². The largest absolute Gasteiger partial charge is 0.496 e. The maximum atomic E-state index is 5.52. The molecule has 3 heteroatoms. The van der Waals surface area contributed by atoms with Crippen molar-refractivity contribution in [2.45, 2.75) is 18.9 Å². The quantitative estimate of drug-likeness (QED) is 0.856. The summed E-state index contributed by atoms with van der Waals surface area (Å²) in [6.07, 6.45) is 2.47. The first-order valence-corrected chi connectivity index (χ1v) is 6.50. The molecule has 0 radical (unpaired) electrons. The number of ether oxygens (including phenoxy) is 1. The highest BCUT2D eigenvalue weighted by Gasteiger charge is 2.26. The molecule has 2 heterocycles. The minimum Gasteiger partial charge on any atom is -0.496 e. The van der Waals surface area contributed by atoms with Crippen LogP contribution in [-0.4, -0.2) is 38.2 Å². The second-order valence-electron chi connectivity index (χ2n) is 4.94. The van der Waals surface area contributed by atoms with E-state index >= 15 is 0 Å². The molecule has 1 fully saturated rings. The number of nitrogens with one attached hydrogen (secondary N) is 1. The topological polar surface area (TPSA) is 24.5 Å². The van der Waals surface area contributed by atoms with Crippen molar-refractivity contribution in [2.24, 2.45) is 0 Å². The SMILES string of the molecule is COc1cccc2c1C(CN1CCC1)NCC2. The Morgan fingerprint density at radius 1 is 1.41 bits per heavy atom. The molecule has 0 spiro atoms. The number of hydrogen-bond donors (Lipinski definition) is 1. The summed E-state index contributed by atoms with van der Waals surface area (Å²) >= 11 is 0. The van der Waals surface area contributed by atoms with E-state index in [1.165, 1.54) is 30.6 Å². The lowest BCUT2D eigenvalue weighted by Crippen LogP contribution is -2.44. The van der Waals surface area contributed by atoms with Crippen LogP contribution in [0.4, 0.5) is 0 Å². The van der Waals surface area contributed by atoms with Crippen LogP contribution in [0, 0.1) is 0 Å². The molecule has 1 saturated heterocycles. The predicted molar refractivity (Wildman–Crippen MR) is 68.5 cm³/mol. The Hall–Kier alpha value is -1.06. The van der Waals surface area contributed by atoms with E-state index in [4.69, 9.17) is 4.74 Å². The summed E-state index contributed by atoms with van der Waals surface area (Å²) in [4.78, 5) is 2.51. The summed E-state index contributed by atoms with van der Waals surface area (Å²) in [7, 11) is 1.77. The molecule has 1 aromatic rings. The van der Waals surface area contributed by atoms with Crippen LogP contribution in [0.15, 0.2) is 18.2 Å². The van der Waals surface area contributed by atoms with Gasteiger partial charge >= 0.3 is 0 Å². The van der Waals surface area contributed by atoms with E-state index < -0.39 is 0 Å². The van der Waals surface area contributed by atoms with Gasteiger partial charge in [-0.3, -0.25) is 0 Å². The lowest BCUT2D eigenvalue weighted by Gasteiger charge is -2.37. The minimum absolute atomic E-state index is 0.440. The van der Waals surface area contributed by atoms with E-state index in [9.17, 15) is 0 Å². The van der Waals surface area contributed by atoms with Crippen molar-refractivity contribution in [3.63, 3.8) is 0 Å². The second-order valence-corrected chi connectivity index (χ2v) is 4.94. The van der Waals surface area contributed by atoms with E-state index in [-0.39, 0.29) is 0 Å². The molecule has 3 nitrogen and oxygen atoms in total. The highest BCUT2D eigenvalue weighted by molar-refractivity contribution is 5.44. The predicted octanol–water partition coefficient (Wildman–Crippen LogP) is 1.59. The van der Waals surface area contributed by atoms with Crippen molar-refractivity contribution in [3.05, 3.63) is 29.3 Å². The summed E-state index contributed by atoms with van der Waals surface area (Å²) in [5.74, 6) is 1.04. The summed E-state index contributed by atoms with van der Waals surface area (Å²) in [5, 5.41) is 3.63. The van der Waals surface area contributed by atoms with Gasteiger partial charge in [0.25, 0.3) is 0 Å². The molecule has 3 rings (SSSR count). The van der Waals surface area contributed by atoms with Crippen molar-refractivity contribution < 1.29 is 4.74 Å². The molecule has 2 aliphatic heterocycles. The molecule has 1 unspecified atom stereocenters. The average molecular weight is 232 g/mol. The van der Waals surface area contributed by atoms with Crippen LogP contribution in [0.1, 0.15) is 23.6 Å². The number of fused-ring (bicyclic) bond motifs is 1. The molecule has 17 heavy (non-hydrogen) atoms. The van der Waals surface area contributed by atoms with Crippen LogP contribution in [0.5, 0.6) is 5.75 Å². The maximum Gasteiger partial charge on any atom is 0.123 e. The maximum absolute atomic E-state index is 5.52. The third-order valence-electron chi connectivity index (χ3n) is 3.90. The Bertz CT molecular complexity index is 387. The molecule has 1 aromatic carbocycles. The molecule has 1 N–H and O–H groups in total. The lowest BCUT2D eigenvalue weighted by molar-refractivity contribution is 0.158. The molecule has 0 amide bonds. The van der Waals surface area contributed by atoms with Gasteiger partial charge in [0, 0.05) is 18.2 Å². The zero-order valence-corrected chi connectivity index (χ0v) is 10.4. The Balaban J connectivity index is 1.88. The monoisotopic (exact) mass is 232 g/mol. The molecule has 2 aliphatic rings. The fourth-order valence-corrected chi connectivity index (χ4v) is 2.84. The summed E-state index contributed by atoms with van der Waals surface area (Å²) in [5.41, 5.74) is 2.83. The number of methoxy groups -OCH3 is 1. The second kappa shape index (κ2) is 4.67. The molecule has 92 valence electrons. The molecular weight excluding hydrogens is 212 g/mol. The smallest absolute Gasteiger partial charge is 0.123 e. The van der Waals surface area contributed by atoms with Gasteiger partial charge in [-0.2, -0.15) is 0 Å². The van der Waals surface area contributed by atoms with E-state index in [0.717, 1.165) is 25.3 Å². The van der Waals surface area contributed by atoms with Crippen molar-refractivity contribution in [1.29, 1.82) is 0 Å². The van der Waals surface area contributed by atoms with Gasteiger partial charge in [0.1, 0.15) is 5.75 Å². The van der Waals surface area contributed by atoms with Crippen LogP contribution in [-0.2, 0) is 6.42 Å². The average Bonchev–Trinajstić information content (AvgIpc) is 2.33. The van der Waals surface area contributed by atoms with Crippen LogP contribution >= 0.6 is 0 Å². The van der Waals surface area contributed by atoms with Crippen LogP contribution in [0.2, 0.25) is 0 Å². The highest BCUT2D eigenvalue weighted by atomic mass is 16.5.